The van der Waals surface area contributed by atoms with Gasteiger partial charge in [0.05, 0.1) is 12.8 Å². The summed E-state index contributed by atoms with van der Waals surface area (Å²) in [5.41, 5.74) is 6.09. The van der Waals surface area contributed by atoms with Crippen LogP contribution in [0.2, 0.25) is 0 Å². The van der Waals surface area contributed by atoms with Gasteiger partial charge >= 0.3 is 6.03 Å². The van der Waals surface area contributed by atoms with Gasteiger partial charge in [-0.15, -0.1) is 0 Å². The van der Waals surface area contributed by atoms with Gasteiger partial charge in [0.25, 0.3) is 5.91 Å². The molecule has 0 fully saturated rings. The van der Waals surface area contributed by atoms with Crippen molar-refractivity contribution in [3.8, 4) is 5.75 Å². The minimum absolute atomic E-state index is 0.268. The Morgan fingerprint density at radius 2 is 2.00 bits per heavy atom. The number of ether oxygens (including phenoxy) is 1. The quantitative estimate of drug-likeness (QED) is 0.490. The number of methoxy groups -OCH3 is 1. The van der Waals surface area contributed by atoms with Gasteiger partial charge in [0.15, 0.2) is 0 Å². The predicted octanol–water partition coefficient (Wildman–Crippen LogP) is 2.44. The van der Waals surface area contributed by atoms with Gasteiger partial charge in [0, 0.05) is 37.2 Å². The number of H-pyrrole nitrogens is 1. The molecule has 4 rings (SSSR count). The van der Waals surface area contributed by atoms with Crippen LogP contribution in [-0.2, 0) is 19.5 Å². The van der Waals surface area contributed by atoms with E-state index in [4.69, 9.17) is 4.74 Å². The number of aromatic nitrogens is 2. The Balaban J connectivity index is 1.36. The number of urea groups is 1. The van der Waals surface area contributed by atoms with Crippen LogP contribution in [0.25, 0.3) is 0 Å². The molecule has 0 atom stereocenters. The highest BCUT2D eigenvalue weighted by Gasteiger charge is 2.24. The Labute approximate surface area is 179 Å². The van der Waals surface area contributed by atoms with Crippen LogP contribution >= 0.6 is 0 Å². The number of benzene rings is 2. The smallest absolute Gasteiger partial charge is 0.329 e. The fourth-order valence-corrected chi connectivity index (χ4v) is 3.40. The second kappa shape index (κ2) is 9.31. The lowest BCUT2D eigenvalue weighted by Gasteiger charge is -2.27. The molecule has 31 heavy (non-hydrogen) atoms. The van der Waals surface area contributed by atoms with Crippen molar-refractivity contribution in [2.75, 3.05) is 19.0 Å². The molecule has 0 radical (unpaired) electrons. The zero-order valence-electron chi connectivity index (χ0n) is 17.1. The average Bonchev–Trinajstić information content (AvgIpc) is 3.20. The van der Waals surface area contributed by atoms with E-state index in [1.807, 2.05) is 30.3 Å². The first kappa shape index (κ1) is 20.4. The normalized spacial score (nSPS) is 13.2. The van der Waals surface area contributed by atoms with Crippen LogP contribution in [0.5, 0.6) is 5.75 Å². The number of anilines is 1. The summed E-state index contributed by atoms with van der Waals surface area (Å²) in [6.45, 7) is 1.50. The molecular formula is C22H24N6O3. The van der Waals surface area contributed by atoms with E-state index < -0.39 is 0 Å². The molecule has 1 aromatic heterocycles. The van der Waals surface area contributed by atoms with E-state index in [2.05, 4.69) is 26.3 Å². The molecule has 3 amide bonds. The number of hydrogen-bond donors (Lipinski definition) is 4. The highest BCUT2D eigenvalue weighted by molar-refractivity contribution is 6.04. The minimum atomic E-state index is -0.280. The zero-order chi connectivity index (χ0) is 21.6. The van der Waals surface area contributed by atoms with E-state index in [-0.39, 0.29) is 11.9 Å². The van der Waals surface area contributed by atoms with Gasteiger partial charge in [-0.25, -0.2) is 9.80 Å². The molecule has 1 aliphatic heterocycles. The van der Waals surface area contributed by atoms with Crippen molar-refractivity contribution in [3.63, 3.8) is 0 Å². The molecule has 0 bridgehead atoms. The zero-order valence-corrected chi connectivity index (χ0v) is 17.1. The van der Waals surface area contributed by atoms with Gasteiger partial charge in [-0.3, -0.25) is 15.3 Å². The van der Waals surface area contributed by atoms with Crippen molar-refractivity contribution in [1.82, 2.24) is 25.9 Å². The topological polar surface area (TPSA) is 111 Å². The largest absolute Gasteiger partial charge is 0.497 e. The van der Waals surface area contributed by atoms with Crippen LogP contribution in [0.3, 0.4) is 0 Å². The van der Waals surface area contributed by atoms with Gasteiger partial charge < -0.3 is 15.4 Å². The third-order valence-corrected chi connectivity index (χ3v) is 5.05. The fraction of sp³-hybridized carbons (Fsp3) is 0.227. The lowest BCUT2D eigenvalue weighted by atomic mass is 10.1. The number of fused-ring (bicyclic) bond motifs is 1. The molecule has 0 aliphatic carbocycles. The molecular weight excluding hydrogens is 396 g/mol. The molecule has 2 aromatic carbocycles. The van der Waals surface area contributed by atoms with Crippen LogP contribution in [0, 0.1) is 0 Å². The Bertz CT molecular complexity index is 1070. The summed E-state index contributed by atoms with van der Waals surface area (Å²) < 4.78 is 5.18. The molecule has 9 heteroatoms. The number of rotatable bonds is 6. The van der Waals surface area contributed by atoms with Gasteiger partial charge in [0.1, 0.15) is 11.6 Å². The molecule has 0 unspecified atom stereocenters. The van der Waals surface area contributed by atoms with Crippen LogP contribution < -0.4 is 20.8 Å². The number of hydrazine groups is 1. The summed E-state index contributed by atoms with van der Waals surface area (Å²) in [6.07, 6.45) is 0.653. The molecule has 3 aromatic rings. The molecule has 160 valence electrons. The SMILES string of the molecule is COc1cccc(C(=O)Nc2[nH]nc3c2CN(NC(=O)NCc2ccccc2)CC3)c1. The lowest BCUT2D eigenvalue weighted by molar-refractivity contribution is 0.102. The van der Waals surface area contributed by atoms with E-state index in [0.29, 0.717) is 43.2 Å². The summed E-state index contributed by atoms with van der Waals surface area (Å²) in [5.74, 6) is 0.867. The summed E-state index contributed by atoms with van der Waals surface area (Å²) in [5, 5.41) is 14.7. The molecule has 0 spiro atoms. The second-order valence-electron chi connectivity index (χ2n) is 7.16. The maximum atomic E-state index is 12.6. The van der Waals surface area contributed by atoms with Crippen molar-refractivity contribution in [2.45, 2.75) is 19.5 Å². The molecule has 0 saturated heterocycles. The van der Waals surface area contributed by atoms with Crippen molar-refractivity contribution in [2.24, 2.45) is 0 Å². The Morgan fingerprint density at radius 1 is 1.16 bits per heavy atom. The van der Waals surface area contributed by atoms with E-state index in [0.717, 1.165) is 16.8 Å². The van der Waals surface area contributed by atoms with Gasteiger partial charge in [-0.1, -0.05) is 36.4 Å². The third kappa shape index (κ3) is 5.01. The Kier molecular flexibility index (Phi) is 6.13. The fourth-order valence-electron chi connectivity index (χ4n) is 3.40. The number of nitrogens with one attached hydrogen (secondary N) is 4. The highest BCUT2D eigenvalue weighted by Crippen LogP contribution is 2.24. The average molecular weight is 420 g/mol. The standard InChI is InChI=1S/C22H24N6O3/c1-31-17-9-5-8-16(12-17)21(29)24-20-18-14-28(11-10-19(18)25-26-20)27-22(30)23-13-15-6-3-2-4-7-15/h2-9,12H,10-11,13-14H2,1H3,(H2,23,27,30)(H2,24,25,26,29). The highest BCUT2D eigenvalue weighted by atomic mass is 16.5. The Hall–Kier alpha value is -3.85. The van der Waals surface area contributed by atoms with Crippen LogP contribution in [0.1, 0.15) is 27.2 Å². The van der Waals surface area contributed by atoms with Crippen molar-refractivity contribution >= 4 is 17.8 Å². The number of carbonyl (C=O) groups is 2. The van der Waals surface area contributed by atoms with Gasteiger partial charge in [-0.2, -0.15) is 5.10 Å². The number of carbonyl (C=O) groups excluding carboxylic acids is 2. The second-order valence-corrected chi connectivity index (χ2v) is 7.16. The summed E-state index contributed by atoms with van der Waals surface area (Å²) in [4.78, 5) is 24.9. The molecule has 0 saturated carbocycles. The van der Waals surface area contributed by atoms with Gasteiger partial charge in [0.2, 0.25) is 0 Å². The van der Waals surface area contributed by atoms with E-state index in [1.165, 1.54) is 0 Å². The molecule has 4 N–H and O–H groups in total. The molecule has 9 nitrogen and oxygen atoms in total. The summed E-state index contributed by atoms with van der Waals surface area (Å²) in [7, 11) is 1.56. The Morgan fingerprint density at radius 3 is 2.81 bits per heavy atom. The van der Waals surface area contributed by atoms with E-state index >= 15 is 0 Å². The first-order valence-corrected chi connectivity index (χ1v) is 9.97. The lowest BCUT2D eigenvalue weighted by Crippen LogP contribution is -2.48. The van der Waals surface area contributed by atoms with Crippen LogP contribution in [0.4, 0.5) is 10.6 Å². The number of aromatic amines is 1. The molecule has 2 heterocycles. The van der Waals surface area contributed by atoms with Gasteiger partial charge in [-0.05, 0) is 23.8 Å². The van der Waals surface area contributed by atoms with E-state index in [9.17, 15) is 9.59 Å². The first-order valence-electron chi connectivity index (χ1n) is 9.97. The van der Waals surface area contributed by atoms with Crippen LogP contribution in [-0.4, -0.2) is 40.8 Å². The third-order valence-electron chi connectivity index (χ3n) is 5.05. The maximum absolute atomic E-state index is 12.6. The number of amides is 3. The molecule has 1 aliphatic rings. The maximum Gasteiger partial charge on any atom is 0.329 e. The summed E-state index contributed by atoms with van der Waals surface area (Å²) >= 11 is 0. The van der Waals surface area contributed by atoms with Crippen molar-refractivity contribution in [3.05, 3.63) is 77.0 Å². The predicted molar refractivity (Wildman–Crippen MR) is 115 cm³/mol. The number of hydrogen-bond acceptors (Lipinski definition) is 5. The van der Waals surface area contributed by atoms with Crippen LogP contribution in [0.15, 0.2) is 54.6 Å². The van der Waals surface area contributed by atoms with E-state index in [1.54, 1.807) is 36.4 Å². The summed E-state index contributed by atoms with van der Waals surface area (Å²) in [6, 6.07) is 16.4. The van der Waals surface area contributed by atoms with Crippen molar-refractivity contribution in [1.29, 1.82) is 0 Å². The monoisotopic (exact) mass is 420 g/mol. The number of nitrogens with zero attached hydrogens (tertiary/aromatic N) is 2. The first-order chi connectivity index (χ1) is 15.1. The van der Waals surface area contributed by atoms with Crippen molar-refractivity contribution < 1.29 is 14.3 Å². The minimum Gasteiger partial charge on any atom is -0.497 e.